The Morgan fingerprint density at radius 1 is 1.38 bits per heavy atom. The summed E-state index contributed by atoms with van der Waals surface area (Å²) in [6.07, 6.45) is -0.481. The Hall–Kier alpha value is -1.27. The number of hydrogen-bond donors (Lipinski definition) is 3. The highest BCUT2D eigenvalue weighted by Crippen LogP contribution is 2.38. The van der Waals surface area contributed by atoms with E-state index in [2.05, 4.69) is 0 Å². The van der Waals surface area contributed by atoms with Crippen LogP contribution in [0.4, 0.5) is 5.69 Å². The molecule has 0 radical (unpaired) electrons. The monoisotopic (exact) mass is 246 g/mol. The molecule has 0 saturated heterocycles. The lowest BCUT2D eigenvalue weighted by atomic mass is 10.1. The molecule has 0 amide bonds. The number of non-ortho nitro benzene ring substituents is 1. The van der Waals surface area contributed by atoms with Crippen molar-refractivity contribution >= 4 is 13.3 Å². The Morgan fingerprint density at radius 3 is 2.25 bits per heavy atom. The lowest BCUT2D eigenvalue weighted by Gasteiger charge is -2.12. The molecule has 0 spiro atoms. The number of hydrogen-bond acceptors (Lipinski definition) is 4. The maximum atomic E-state index is 10.7. The summed E-state index contributed by atoms with van der Waals surface area (Å²) in [5.41, 5.74) is 5.91. The first-order valence-corrected chi connectivity index (χ1v) is 6.14. The van der Waals surface area contributed by atoms with Crippen molar-refractivity contribution in [2.45, 2.75) is 6.04 Å². The zero-order chi connectivity index (χ0) is 12.3. The predicted octanol–water partition coefficient (Wildman–Crippen LogP) is 0.772. The molecule has 88 valence electrons. The van der Waals surface area contributed by atoms with Crippen LogP contribution in [0.3, 0.4) is 0 Å². The summed E-state index contributed by atoms with van der Waals surface area (Å²) in [5, 5.41) is 10.4. The van der Waals surface area contributed by atoms with Gasteiger partial charge in [0, 0.05) is 18.2 Å². The molecule has 0 heterocycles. The Morgan fingerprint density at radius 2 is 1.88 bits per heavy atom. The molecule has 1 unspecified atom stereocenters. The number of benzene rings is 1. The zero-order valence-electron chi connectivity index (χ0n) is 8.18. The van der Waals surface area contributed by atoms with Gasteiger partial charge in [0.2, 0.25) is 0 Å². The third kappa shape index (κ3) is 3.71. The molecule has 0 aromatic heterocycles. The van der Waals surface area contributed by atoms with E-state index in [4.69, 9.17) is 15.5 Å². The van der Waals surface area contributed by atoms with Crippen LogP contribution < -0.4 is 5.73 Å². The molecule has 0 aliphatic carbocycles. The van der Waals surface area contributed by atoms with E-state index in [1.54, 1.807) is 0 Å². The maximum Gasteiger partial charge on any atom is 0.327 e. The minimum atomic E-state index is -4.18. The van der Waals surface area contributed by atoms with Gasteiger partial charge >= 0.3 is 7.60 Å². The van der Waals surface area contributed by atoms with Gasteiger partial charge in [0.1, 0.15) is 0 Å². The summed E-state index contributed by atoms with van der Waals surface area (Å²) in [4.78, 5) is 27.2. The highest BCUT2D eigenvalue weighted by atomic mass is 31.2. The second kappa shape index (κ2) is 4.71. The van der Waals surface area contributed by atoms with Gasteiger partial charge in [0.15, 0.2) is 0 Å². The maximum absolute atomic E-state index is 10.7. The van der Waals surface area contributed by atoms with E-state index in [0.717, 1.165) is 0 Å². The first-order valence-electron chi connectivity index (χ1n) is 4.34. The summed E-state index contributed by atoms with van der Waals surface area (Å²) in [6.45, 7) is 0. The number of nitro benzene ring substituents is 1. The van der Waals surface area contributed by atoms with Crippen LogP contribution in [0.15, 0.2) is 24.3 Å². The van der Waals surface area contributed by atoms with Crippen LogP contribution in [-0.2, 0) is 4.57 Å². The van der Waals surface area contributed by atoms with Gasteiger partial charge in [-0.15, -0.1) is 0 Å². The average molecular weight is 246 g/mol. The first kappa shape index (κ1) is 12.8. The minimum Gasteiger partial charge on any atom is -0.324 e. The van der Waals surface area contributed by atoms with Gasteiger partial charge in [0.25, 0.3) is 5.69 Å². The van der Waals surface area contributed by atoms with Gasteiger partial charge in [-0.1, -0.05) is 12.1 Å². The predicted molar refractivity (Wildman–Crippen MR) is 56.9 cm³/mol. The summed E-state index contributed by atoms with van der Waals surface area (Å²) < 4.78 is 10.7. The Bertz CT molecular complexity index is 427. The standard InChI is InChI=1S/C8H11N2O5P/c9-8(5-16(13,14)15)6-1-3-7(4-2-6)10(11)12/h1-4,8H,5,9H2,(H2,13,14,15). The van der Waals surface area contributed by atoms with Crippen molar-refractivity contribution in [3.8, 4) is 0 Å². The van der Waals surface area contributed by atoms with E-state index in [-0.39, 0.29) is 5.69 Å². The molecule has 0 saturated carbocycles. The van der Waals surface area contributed by atoms with Crippen LogP contribution in [0.25, 0.3) is 0 Å². The van der Waals surface area contributed by atoms with E-state index in [1.165, 1.54) is 24.3 Å². The number of nitrogens with zero attached hydrogens (tertiary/aromatic N) is 1. The molecular weight excluding hydrogens is 235 g/mol. The highest BCUT2D eigenvalue weighted by molar-refractivity contribution is 7.51. The molecule has 1 aromatic rings. The van der Waals surface area contributed by atoms with E-state index in [0.29, 0.717) is 5.56 Å². The van der Waals surface area contributed by atoms with Gasteiger partial charge in [-0.05, 0) is 5.56 Å². The van der Waals surface area contributed by atoms with Crippen LogP contribution in [0.5, 0.6) is 0 Å². The van der Waals surface area contributed by atoms with E-state index in [9.17, 15) is 14.7 Å². The highest BCUT2D eigenvalue weighted by Gasteiger charge is 2.20. The van der Waals surface area contributed by atoms with Gasteiger partial charge < -0.3 is 15.5 Å². The summed E-state index contributed by atoms with van der Waals surface area (Å²) in [5.74, 6) is 0. The lowest BCUT2D eigenvalue weighted by molar-refractivity contribution is -0.384. The second-order valence-electron chi connectivity index (χ2n) is 3.30. The van der Waals surface area contributed by atoms with Crippen molar-refractivity contribution in [1.29, 1.82) is 0 Å². The number of nitro groups is 1. The fourth-order valence-corrected chi connectivity index (χ4v) is 1.93. The van der Waals surface area contributed by atoms with Crippen LogP contribution in [0.1, 0.15) is 11.6 Å². The summed E-state index contributed by atoms with van der Waals surface area (Å²) >= 11 is 0. The van der Waals surface area contributed by atoms with Gasteiger partial charge in [-0.2, -0.15) is 0 Å². The second-order valence-corrected chi connectivity index (χ2v) is 5.00. The van der Waals surface area contributed by atoms with Crippen molar-refractivity contribution in [3.05, 3.63) is 39.9 Å². The third-order valence-electron chi connectivity index (χ3n) is 1.97. The van der Waals surface area contributed by atoms with Crippen LogP contribution in [0.2, 0.25) is 0 Å². The molecule has 0 aliphatic rings. The van der Waals surface area contributed by atoms with Crippen molar-refractivity contribution in [3.63, 3.8) is 0 Å². The van der Waals surface area contributed by atoms with Crippen molar-refractivity contribution in [2.24, 2.45) is 5.73 Å². The van der Waals surface area contributed by atoms with Gasteiger partial charge in [-0.3, -0.25) is 14.7 Å². The van der Waals surface area contributed by atoms with Gasteiger partial charge in [-0.25, -0.2) is 0 Å². The Kier molecular flexibility index (Phi) is 3.77. The van der Waals surface area contributed by atoms with Crippen molar-refractivity contribution in [1.82, 2.24) is 0 Å². The molecule has 7 nitrogen and oxygen atoms in total. The Labute approximate surface area is 91.2 Å². The first-order chi connectivity index (χ1) is 7.29. The zero-order valence-corrected chi connectivity index (χ0v) is 9.08. The number of nitrogens with two attached hydrogens (primary N) is 1. The molecule has 0 fully saturated rings. The van der Waals surface area contributed by atoms with Crippen LogP contribution in [0, 0.1) is 10.1 Å². The van der Waals surface area contributed by atoms with Gasteiger partial charge in [0.05, 0.1) is 11.1 Å². The van der Waals surface area contributed by atoms with E-state index in [1.807, 2.05) is 0 Å². The molecule has 0 aliphatic heterocycles. The minimum absolute atomic E-state index is 0.0906. The topological polar surface area (TPSA) is 127 Å². The van der Waals surface area contributed by atoms with E-state index < -0.39 is 24.7 Å². The fraction of sp³-hybridized carbons (Fsp3) is 0.250. The van der Waals surface area contributed by atoms with Crippen LogP contribution in [-0.4, -0.2) is 20.9 Å². The molecule has 1 rings (SSSR count). The smallest absolute Gasteiger partial charge is 0.324 e. The summed E-state index contributed by atoms with van der Waals surface area (Å²) in [6, 6.07) is 4.43. The molecular formula is C8H11N2O5P. The molecule has 4 N–H and O–H groups in total. The Balaban J connectivity index is 2.82. The lowest BCUT2D eigenvalue weighted by Crippen LogP contribution is -2.15. The normalized spacial score (nSPS) is 13.4. The molecule has 0 bridgehead atoms. The van der Waals surface area contributed by atoms with Crippen molar-refractivity contribution < 1.29 is 19.3 Å². The largest absolute Gasteiger partial charge is 0.327 e. The molecule has 8 heteroatoms. The van der Waals surface area contributed by atoms with Crippen LogP contribution >= 0.6 is 7.60 Å². The van der Waals surface area contributed by atoms with Crippen molar-refractivity contribution in [2.75, 3.05) is 6.16 Å². The SMILES string of the molecule is NC(CP(=O)(O)O)c1ccc([N+](=O)[O-])cc1. The summed E-state index contributed by atoms with van der Waals surface area (Å²) in [7, 11) is -4.18. The van der Waals surface area contributed by atoms with E-state index >= 15 is 0 Å². The number of rotatable bonds is 4. The quantitative estimate of drug-likeness (QED) is 0.409. The fourth-order valence-electron chi connectivity index (χ4n) is 1.20. The average Bonchev–Trinajstić information content (AvgIpc) is 2.15. The molecule has 16 heavy (non-hydrogen) atoms. The third-order valence-corrected chi connectivity index (χ3v) is 2.84. The molecule has 1 atom stereocenters. The molecule has 1 aromatic carbocycles.